The molecule has 0 saturated carbocycles. The van der Waals surface area contributed by atoms with Gasteiger partial charge in [0.25, 0.3) is 0 Å². The van der Waals surface area contributed by atoms with Crippen LogP contribution in [0.4, 0.5) is 0 Å². The summed E-state index contributed by atoms with van der Waals surface area (Å²) in [4.78, 5) is 0. The first kappa shape index (κ1) is 7.57. The van der Waals surface area contributed by atoms with E-state index in [1.165, 1.54) is 0 Å². The smallest absolute Gasteiger partial charge is 0.407 e. The average Bonchev–Trinajstić information content (AvgIpc) is 2.05. The van der Waals surface area contributed by atoms with Crippen molar-refractivity contribution in [3.63, 3.8) is 0 Å². The van der Waals surface area contributed by atoms with E-state index in [2.05, 4.69) is 13.2 Å². The summed E-state index contributed by atoms with van der Waals surface area (Å²) in [5, 5.41) is 0. The van der Waals surface area contributed by atoms with Crippen molar-refractivity contribution in [3.8, 4) is 0 Å². The van der Waals surface area contributed by atoms with Crippen LogP contribution in [-0.2, 0) is 9.31 Å². The topological polar surface area (TPSA) is 18.5 Å². The van der Waals surface area contributed by atoms with Crippen LogP contribution in [0.1, 0.15) is 6.42 Å². The van der Waals surface area contributed by atoms with E-state index in [1.807, 2.05) is 0 Å². The van der Waals surface area contributed by atoms with Gasteiger partial charge in [-0.3, -0.25) is 0 Å². The van der Waals surface area contributed by atoms with Gasteiger partial charge in [-0.25, -0.2) is 0 Å². The highest BCUT2D eigenvalue weighted by atomic mass is 16.6. The summed E-state index contributed by atoms with van der Waals surface area (Å²) in [6.45, 7) is 8.83. The maximum atomic E-state index is 5.24. The quantitative estimate of drug-likeness (QED) is 0.421. The molecule has 0 amide bonds. The van der Waals surface area contributed by atoms with E-state index in [1.54, 1.807) is 6.08 Å². The minimum Gasteiger partial charge on any atom is -0.407 e. The molecule has 2 nitrogen and oxygen atoms in total. The molecule has 0 unspecified atom stereocenters. The van der Waals surface area contributed by atoms with E-state index in [-0.39, 0.29) is 7.12 Å². The van der Waals surface area contributed by atoms with Crippen LogP contribution in [0.5, 0.6) is 0 Å². The minimum absolute atomic E-state index is 0.244. The normalized spacial score (nSPS) is 18.6. The summed E-state index contributed by atoms with van der Waals surface area (Å²) in [5.74, 6) is 0. The summed E-state index contributed by atoms with van der Waals surface area (Å²) in [6.07, 6.45) is 2.64. The first-order valence-electron chi connectivity index (χ1n) is 3.39. The van der Waals surface area contributed by atoms with Gasteiger partial charge in [-0.05, 0) is 11.9 Å². The lowest BCUT2D eigenvalue weighted by molar-refractivity contribution is 0.141. The van der Waals surface area contributed by atoms with Crippen molar-refractivity contribution >= 4 is 7.12 Å². The van der Waals surface area contributed by atoms with E-state index in [4.69, 9.17) is 9.31 Å². The molecule has 0 radical (unpaired) electrons. The molecule has 0 atom stereocenters. The molecule has 1 saturated heterocycles. The minimum atomic E-state index is -0.244. The molecule has 1 aliphatic rings. The van der Waals surface area contributed by atoms with Crippen LogP contribution in [0, 0.1) is 0 Å². The second kappa shape index (κ2) is 3.59. The molecular formula is C7H11BO2. The zero-order chi connectivity index (χ0) is 7.40. The molecule has 0 aliphatic carbocycles. The van der Waals surface area contributed by atoms with Crippen molar-refractivity contribution in [2.45, 2.75) is 6.42 Å². The SMILES string of the molecule is C=CC(=C)B1OCCCO1. The molecule has 1 fully saturated rings. The van der Waals surface area contributed by atoms with Crippen molar-refractivity contribution in [2.75, 3.05) is 13.2 Å². The molecule has 1 rings (SSSR count). The van der Waals surface area contributed by atoms with Crippen molar-refractivity contribution in [2.24, 2.45) is 0 Å². The zero-order valence-corrected chi connectivity index (χ0v) is 6.01. The second-order valence-electron chi connectivity index (χ2n) is 2.21. The van der Waals surface area contributed by atoms with E-state index in [0.29, 0.717) is 0 Å². The summed E-state index contributed by atoms with van der Waals surface area (Å²) < 4.78 is 10.5. The van der Waals surface area contributed by atoms with Crippen LogP contribution in [0.2, 0.25) is 0 Å². The largest absolute Gasteiger partial charge is 0.493 e. The highest BCUT2D eigenvalue weighted by molar-refractivity contribution is 6.54. The average molecular weight is 138 g/mol. The van der Waals surface area contributed by atoms with Crippen LogP contribution in [0.25, 0.3) is 0 Å². The highest BCUT2D eigenvalue weighted by Gasteiger charge is 2.22. The number of allylic oxidation sites excluding steroid dienone is 2. The van der Waals surface area contributed by atoms with Gasteiger partial charge >= 0.3 is 7.12 Å². The molecular weight excluding hydrogens is 127 g/mol. The van der Waals surface area contributed by atoms with Gasteiger partial charge in [0.2, 0.25) is 0 Å². The first-order chi connectivity index (χ1) is 4.84. The van der Waals surface area contributed by atoms with Crippen molar-refractivity contribution in [1.29, 1.82) is 0 Å². The van der Waals surface area contributed by atoms with E-state index in [9.17, 15) is 0 Å². The van der Waals surface area contributed by atoms with Gasteiger partial charge in [-0.1, -0.05) is 19.2 Å². The van der Waals surface area contributed by atoms with Crippen LogP contribution in [0.3, 0.4) is 0 Å². The third-order valence-electron chi connectivity index (χ3n) is 1.39. The number of rotatable bonds is 2. The standard InChI is InChI=1S/C7H11BO2/c1-3-7(2)8-9-5-4-6-10-8/h3H,1-2,4-6H2. The zero-order valence-electron chi connectivity index (χ0n) is 6.01. The van der Waals surface area contributed by atoms with Gasteiger partial charge in [-0.2, -0.15) is 0 Å². The summed E-state index contributed by atoms with van der Waals surface area (Å²) in [5.41, 5.74) is 0.805. The van der Waals surface area contributed by atoms with E-state index in [0.717, 1.165) is 25.1 Å². The Morgan fingerprint density at radius 2 is 2.00 bits per heavy atom. The summed E-state index contributed by atoms with van der Waals surface area (Å²) in [7, 11) is -0.244. The number of hydrogen-bond acceptors (Lipinski definition) is 2. The Balaban J connectivity index is 2.38. The van der Waals surface area contributed by atoms with Crippen LogP contribution in [-0.4, -0.2) is 20.3 Å². The Kier molecular flexibility index (Phi) is 2.72. The molecule has 54 valence electrons. The second-order valence-corrected chi connectivity index (χ2v) is 2.21. The predicted octanol–water partition coefficient (Wildman–Crippen LogP) is 1.19. The predicted molar refractivity (Wildman–Crippen MR) is 41.6 cm³/mol. The van der Waals surface area contributed by atoms with Gasteiger partial charge < -0.3 is 9.31 Å². The molecule has 0 N–H and O–H groups in total. The van der Waals surface area contributed by atoms with Crippen LogP contribution < -0.4 is 0 Å². The molecule has 0 aromatic carbocycles. The fourth-order valence-electron chi connectivity index (χ4n) is 0.798. The maximum Gasteiger partial charge on any atom is 0.493 e. The Labute approximate surface area is 61.7 Å². The van der Waals surface area contributed by atoms with E-state index < -0.39 is 0 Å². The molecule has 1 heterocycles. The van der Waals surface area contributed by atoms with Crippen LogP contribution in [0.15, 0.2) is 24.7 Å². The molecule has 0 bridgehead atoms. The van der Waals surface area contributed by atoms with Crippen molar-refractivity contribution in [3.05, 3.63) is 24.7 Å². The molecule has 0 aromatic rings. The highest BCUT2D eigenvalue weighted by Crippen LogP contribution is 2.08. The monoisotopic (exact) mass is 138 g/mol. The maximum absolute atomic E-state index is 5.24. The van der Waals surface area contributed by atoms with Crippen LogP contribution >= 0.6 is 0 Å². The third-order valence-corrected chi connectivity index (χ3v) is 1.39. The summed E-state index contributed by atoms with van der Waals surface area (Å²) in [6, 6.07) is 0. The van der Waals surface area contributed by atoms with E-state index >= 15 is 0 Å². The molecule has 0 spiro atoms. The van der Waals surface area contributed by atoms with Gasteiger partial charge in [0.15, 0.2) is 0 Å². The molecule has 10 heavy (non-hydrogen) atoms. The Morgan fingerprint density at radius 1 is 1.40 bits per heavy atom. The van der Waals surface area contributed by atoms with Crippen molar-refractivity contribution < 1.29 is 9.31 Å². The Hall–Kier alpha value is -0.535. The Bertz CT molecular complexity index is 139. The Morgan fingerprint density at radius 3 is 2.50 bits per heavy atom. The molecule has 1 aliphatic heterocycles. The van der Waals surface area contributed by atoms with Gasteiger partial charge in [0.05, 0.1) is 0 Å². The van der Waals surface area contributed by atoms with Crippen molar-refractivity contribution in [1.82, 2.24) is 0 Å². The molecule has 0 aromatic heterocycles. The fourth-order valence-corrected chi connectivity index (χ4v) is 0.798. The van der Waals surface area contributed by atoms with Gasteiger partial charge in [0, 0.05) is 13.2 Å². The third kappa shape index (κ3) is 1.72. The fraction of sp³-hybridized carbons (Fsp3) is 0.429. The number of hydrogen-bond donors (Lipinski definition) is 0. The summed E-state index contributed by atoms with van der Waals surface area (Å²) >= 11 is 0. The van der Waals surface area contributed by atoms with Gasteiger partial charge in [-0.15, -0.1) is 0 Å². The lowest BCUT2D eigenvalue weighted by atomic mass is 9.78. The molecule has 3 heteroatoms. The van der Waals surface area contributed by atoms with Gasteiger partial charge in [0.1, 0.15) is 0 Å². The lowest BCUT2D eigenvalue weighted by Gasteiger charge is -2.19. The first-order valence-corrected chi connectivity index (χ1v) is 3.39. The lowest BCUT2D eigenvalue weighted by Crippen LogP contribution is -2.30.